The van der Waals surface area contributed by atoms with E-state index in [1.54, 1.807) is 19.1 Å². The first-order valence-corrected chi connectivity index (χ1v) is 8.75. The number of rotatable bonds is 5. The summed E-state index contributed by atoms with van der Waals surface area (Å²) < 4.78 is 1.35. The van der Waals surface area contributed by atoms with E-state index in [0.717, 1.165) is 0 Å². The van der Waals surface area contributed by atoms with E-state index in [1.165, 1.54) is 10.7 Å². The van der Waals surface area contributed by atoms with Crippen LogP contribution in [0.25, 0.3) is 5.95 Å². The molecule has 1 amide bonds. The Hall–Kier alpha value is -3.23. The van der Waals surface area contributed by atoms with Crippen LogP contribution in [0.2, 0.25) is 0 Å². The van der Waals surface area contributed by atoms with Crippen molar-refractivity contribution in [2.75, 3.05) is 5.32 Å². The lowest BCUT2D eigenvalue weighted by Crippen LogP contribution is -2.35. The SMILES string of the molecule is CCc1cc(=O)[nH]c(-n2nc(C)cc2NC(=O)[C@H]2CC=CC[C@@H]2C(=O)O)n1. The average Bonchev–Trinajstić information content (AvgIpc) is 3.01. The summed E-state index contributed by atoms with van der Waals surface area (Å²) in [6.45, 7) is 3.63. The molecular formula is C18H21N5O4. The fourth-order valence-corrected chi connectivity index (χ4v) is 3.12. The number of H-pyrrole nitrogens is 1. The Morgan fingerprint density at radius 1 is 1.30 bits per heavy atom. The highest BCUT2D eigenvalue weighted by molar-refractivity contribution is 5.95. The number of hydrogen-bond acceptors (Lipinski definition) is 5. The highest BCUT2D eigenvalue weighted by Gasteiger charge is 2.34. The second kappa shape index (κ2) is 7.56. The fourth-order valence-electron chi connectivity index (χ4n) is 3.12. The van der Waals surface area contributed by atoms with Gasteiger partial charge in [0.2, 0.25) is 11.9 Å². The molecule has 2 atom stereocenters. The molecule has 2 aromatic heterocycles. The Morgan fingerprint density at radius 3 is 2.67 bits per heavy atom. The number of aromatic amines is 1. The molecule has 0 radical (unpaired) electrons. The Balaban J connectivity index is 1.91. The van der Waals surface area contributed by atoms with Gasteiger partial charge in [0.15, 0.2) is 0 Å². The standard InChI is InChI=1S/C18H21N5O4/c1-3-11-9-15(24)21-18(19-11)23-14(8-10(2)22-23)20-16(25)12-6-4-5-7-13(12)17(26)27/h4-5,8-9,12-13H,3,6-7H2,1-2H3,(H,20,25)(H,26,27)(H,19,21,24)/t12-,13-/m0/s1. The Kier molecular flexibility index (Phi) is 5.20. The molecule has 0 bridgehead atoms. The first kappa shape index (κ1) is 18.6. The predicted molar refractivity (Wildman–Crippen MR) is 97.7 cm³/mol. The molecule has 27 heavy (non-hydrogen) atoms. The van der Waals surface area contributed by atoms with Crippen molar-refractivity contribution in [1.29, 1.82) is 0 Å². The van der Waals surface area contributed by atoms with Gasteiger partial charge in [-0.1, -0.05) is 19.1 Å². The summed E-state index contributed by atoms with van der Waals surface area (Å²) >= 11 is 0. The zero-order valence-electron chi connectivity index (χ0n) is 15.1. The zero-order valence-corrected chi connectivity index (χ0v) is 15.1. The van der Waals surface area contributed by atoms with Crippen molar-refractivity contribution in [3.63, 3.8) is 0 Å². The van der Waals surface area contributed by atoms with Crippen molar-refractivity contribution in [2.45, 2.75) is 33.1 Å². The van der Waals surface area contributed by atoms with Crippen LogP contribution in [0.15, 0.2) is 29.1 Å². The van der Waals surface area contributed by atoms with Crippen LogP contribution < -0.4 is 10.9 Å². The van der Waals surface area contributed by atoms with Gasteiger partial charge in [0.25, 0.3) is 5.56 Å². The first-order chi connectivity index (χ1) is 12.9. The van der Waals surface area contributed by atoms with Crippen molar-refractivity contribution in [3.05, 3.63) is 46.0 Å². The van der Waals surface area contributed by atoms with E-state index in [1.807, 2.05) is 13.0 Å². The van der Waals surface area contributed by atoms with Crippen LogP contribution in [0.5, 0.6) is 0 Å². The number of hydrogen-bond donors (Lipinski definition) is 3. The number of aromatic nitrogens is 4. The number of nitrogens with one attached hydrogen (secondary N) is 2. The first-order valence-electron chi connectivity index (χ1n) is 8.75. The van der Waals surface area contributed by atoms with Crippen molar-refractivity contribution in [2.24, 2.45) is 11.8 Å². The predicted octanol–water partition coefficient (Wildman–Crippen LogP) is 1.43. The molecule has 1 aliphatic carbocycles. The van der Waals surface area contributed by atoms with Crippen LogP contribution in [0.3, 0.4) is 0 Å². The topological polar surface area (TPSA) is 130 Å². The third-order valence-corrected chi connectivity index (χ3v) is 4.51. The fraction of sp³-hybridized carbons (Fsp3) is 0.389. The van der Waals surface area contributed by atoms with Crippen molar-refractivity contribution < 1.29 is 14.7 Å². The third kappa shape index (κ3) is 3.97. The van der Waals surface area contributed by atoms with Crippen LogP contribution in [0, 0.1) is 18.8 Å². The second-order valence-corrected chi connectivity index (χ2v) is 6.48. The summed E-state index contributed by atoms with van der Waals surface area (Å²) in [7, 11) is 0. The van der Waals surface area contributed by atoms with Gasteiger partial charge in [-0.3, -0.25) is 19.4 Å². The number of aryl methyl sites for hydroxylation is 2. The lowest BCUT2D eigenvalue weighted by atomic mass is 9.82. The summed E-state index contributed by atoms with van der Waals surface area (Å²) in [6.07, 6.45) is 4.85. The molecule has 0 spiro atoms. The van der Waals surface area contributed by atoms with Gasteiger partial charge in [0, 0.05) is 17.8 Å². The number of carboxylic acids is 1. The van der Waals surface area contributed by atoms with Gasteiger partial charge >= 0.3 is 5.97 Å². The van der Waals surface area contributed by atoms with Gasteiger partial charge in [-0.15, -0.1) is 0 Å². The molecule has 3 N–H and O–H groups in total. The van der Waals surface area contributed by atoms with Crippen LogP contribution in [-0.2, 0) is 16.0 Å². The van der Waals surface area contributed by atoms with Crippen LogP contribution >= 0.6 is 0 Å². The van der Waals surface area contributed by atoms with Crippen molar-refractivity contribution in [1.82, 2.24) is 19.7 Å². The Bertz CT molecular complexity index is 959. The van der Waals surface area contributed by atoms with E-state index in [2.05, 4.69) is 20.4 Å². The minimum Gasteiger partial charge on any atom is -0.481 e. The molecule has 3 rings (SSSR count). The third-order valence-electron chi connectivity index (χ3n) is 4.51. The molecule has 2 aromatic rings. The van der Waals surface area contributed by atoms with Gasteiger partial charge in [-0.25, -0.2) is 4.98 Å². The van der Waals surface area contributed by atoms with Crippen LogP contribution in [0.1, 0.15) is 31.2 Å². The number of amides is 1. The van der Waals surface area contributed by atoms with E-state index in [4.69, 9.17) is 0 Å². The number of aliphatic carboxylic acids is 1. The number of allylic oxidation sites excluding steroid dienone is 2. The van der Waals surface area contributed by atoms with Gasteiger partial charge in [-0.05, 0) is 26.2 Å². The van der Waals surface area contributed by atoms with E-state index < -0.39 is 23.7 Å². The van der Waals surface area contributed by atoms with Gasteiger partial charge in [0.05, 0.1) is 17.5 Å². The molecule has 0 aliphatic heterocycles. The molecule has 9 heteroatoms. The molecule has 0 saturated heterocycles. The van der Waals surface area contributed by atoms with E-state index in [-0.39, 0.29) is 11.5 Å². The lowest BCUT2D eigenvalue weighted by Gasteiger charge is -2.24. The van der Waals surface area contributed by atoms with Gasteiger partial charge in [0.1, 0.15) is 5.82 Å². The molecule has 2 heterocycles. The van der Waals surface area contributed by atoms with Gasteiger partial charge < -0.3 is 10.4 Å². The monoisotopic (exact) mass is 371 g/mol. The number of carbonyl (C=O) groups excluding carboxylic acids is 1. The summed E-state index contributed by atoms with van der Waals surface area (Å²) in [5.41, 5.74) is 0.904. The van der Waals surface area contributed by atoms with Crippen LogP contribution in [0.4, 0.5) is 5.82 Å². The maximum atomic E-state index is 12.7. The second-order valence-electron chi connectivity index (χ2n) is 6.48. The minimum atomic E-state index is -0.995. The summed E-state index contributed by atoms with van der Waals surface area (Å²) in [5.74, 6) is -2.32. The largest absolute Gasteiger partial charge is 0.481 e. The molecule has 0 saturated carbocycles. The minimum absolute atomic E-state index is 0.195. The molecule has 9 nitrogen and oxygen atoms in total. The number of anilines is 1. The molecule has 0 aromatic carbocycles. The molecule has 142 valence electrons. The maximum Gasteiger partial charge on any atom is 0.307 e. The molecular weight excluding hydrogens is 350 g/mol. The smallest absolute Gasteiger partial charge is 0.307 e. The van der Waals surface area contributed by atoms with E-state index >= 15 is 0 Å². The average molecular weight is 371 g/mol. The zero-order chi connectivity index (χ0) is 19.6. The quantitative estimate of drug-likeness (QED) is 0.682. The molecule has 0 unspecified atom stereocenters. The van der Waals surface area contributed by atoms with Crippen LogP contribution in [-0.4, -0.2) is 36.7 Å². The number of nitrogens with zero attached hydrogens (tertiary/aromatic N) is 3. The molecule has 0 fully saturated rings. The Morgan fingerprint density at radius 2 is 2.00 bits per heavy atom. The number of carbonyl (C=O) groups is 2. The van der Waals surface area contributed by atoms with Crippen molar-refractivity contribution in [3.8, 4) is 5.95 Å². The van der Waals surface area contributed by atoms with E-state index in [9.17, 15) is 19.5 Å². The van der Waals surface area contributed by atoms with Gasteiger partial charge in [-0.2, -0.15) is 9.78 Å². The molecule has 1 aliphatic rings. The number of carboxylic acid groups (broad SMARTS) is 1. The lowest BCUT2D eigenvalue weighted by molar-refractivity contribution is -0.146. The van der Waals surface area contributed by atoms with Crippen molar-refractivity contribution >= 4 is 17.7 Å². The highest BCUT2D eigenvalue weighted by atomic mass is 16.4. The summed E-state index contributed by atoms with van der Waals surface area (Å²) in [5, 5.41) is 16.4. The van der Waals surface area contributed by atoms with E-state index in [0.29, 0.717) is 36.5 Å². The Labute approximate surface area is 155 Å². The highest BCUT2D eigenvalue weighted by Crippen LogP contribution is 2.27. The summed E-state index contributed by atoms with van der Waals surface area (Å²) in [6, 6.07) is 3.05. The normalized spacial score (nSPS) is 19.0. The summed E-state index contributed by atoms with van der Waals surface area (Å²) in [4.78, 5) is 43.0. The maximum absolute atomic E-state index is 12.7.